The highest BCUT2D eigenvalue weighted by molar-refractivity contribution is 5.33. The minimum atomic E-state index is 0.0726. The van der Waals surface area contributed by atoms with E-state index < -0.39 is 0 Å². The number of nitrogens with zero attached hydrogens (tertiary/aromatic N) is 4. The van der Waals surface area contributed by atoms with Crippen molar-refractivity contribution in [2.75, 3.05) is 31.6 Å². The van der Waals surface area contributed by atoms with Crippen molar-refractivity contribution in [3.05, 3.63) is 48.2 Å². The first-order valence-electron chi connectivity index (χ1n) is 8.67. The number of ether oxygens (including phenoxy) is 1. The predicted octanol–water partition coefficient (Wildman–Crippen LogP) is 2.27. The standard InChI is InChI=1S/C18H23N5O/c1-2-7-19-15(3-1)12-23-9-10-24-13-16(23)18-20-8-6-17(22-18)21-11-14-4-5-14/h1-3,6-8,14,16H,4-5,9-13H2,(H,20,21,22)/t16-/m0/s1. The molecule has 6 heteroatoms. The zero-order valence-electron chi connectivity index (χ0n) is 13.8. The Hall–Kier alpha value is -2.05. The molecule has 2 aromatic heterocycles. The monoisotopic (exact) mass is 325 g/mol. The minimum absolute atomic E-state index is 0.0726. The summed E-state index contributed by atoms with van der Waals surface area (Å²) >= 11 is 0. The second-order valence-electron chi connectivity index (χ2n) is 6.51. The van der Waals surface area contributed by atoms with Gasteiger partial charge in [0.25, 0.3) is 0 Å². The third-order valence-corrected chi connectivity index (χ3v) is 4.57. The third-order valence-electron chi connectivity index (χ3n) is 4.57. The number of morpholine rings is 1. The van der Waals surface area contributed by atoms with Crippen LogP contribution >= 0.6 is 0 Å². The van der Waals surface area contributed by atoms with Crippen molar-refractivity contribution in [3.8, 4) is 0 Å². The number of rotatable bonds is 6. The number of nitrogens with one attached hydrogen (secondary N) is 1. The largest absolute Gasteiger partial charge is 0.378 e. The van der Waals surface area contributed by atoms with Crippen molar-refractivity contribution < 1.29 is 4.74 Å². The van der Waals surface area contributed by atoms with Gasteiger partial charge < -0.3 is 10.1 Å². The normalized spacial score (nSPS) is 21.6. The van der Waals surface area contributed by atoms with E-state index in [-0.39, 0.29) is 6.04 Å². The highest BCUT2D eigenvalue weighted by atomic mass is 16.5. The first-order valence-corrected chi connectivity index (χ1v) is 8.67. The molecule has 2 fully saturated rings. The maximum atomic E-state index is 5.69. The smallest absolute Gasteiger partial charge is 0.150 e. The summed E-state index contributed by atoms with van der Waals surface area (Å²) in [6, 6.07) is 8.04. The maximum Gasteiger partial charge on any atom is 0.150 e. The summed E-state index contributed by atoms with van der Waals surface area (Å²) in [6.45, 7) is 4.03. The van der Waals surface area contributed by atoms with Crippen LogP contribution in [0.3, 0.4) is 0 Å². The molecular weight excluding hydrogens is 302 g/mol. The number of pyridine rings is 1. The molecule has 0 spiro atoms. The molecule has 0 aromatic carbocycles. The Morgan fingerprint density at radius 2 is 2.12 bits per heavy atom. The fourth-order valence-electron chi connectivity index (χ4n) is 2.97. The summed E-state index contributed by atoms with van der Waals surface area (Å²) in [4.78, 5) is 16.0. The summed E-state index contributed by atoms with van der Waals surface area (Å²) in [5.74, 6) is 2.56. The van der Waals surface area contributed by atoms with Gasteiger partial charge in [0, 0.05) is 32.0 Å². The molecule has 2 aliphatic rings. The number of aromatic nitrogens is 3. The van der Waals surface area contributed by atoms with Gasteiger partial charge in [-0.3, -0.25) is 9.88 Å². The molecule has 1 saturated heterocycles. The fraction of sp³-hybridized carbons (Fsp3) is 0.500. The van der Waals surface area contributed by atoms with Crippen LogP contribution in [0.15, 0.2) is 36.7 Å². The molecule has 0 amide bonds. The lowest BCUT2D eigenvalue weighted by Gasteiger charge is -2.34. The zero-order valence-corrected chi connectivity index (χ0v) is 13.8. The van der Waals surface area contributed by atoms with Crippen LogP contribution in [0.4, 0.5) is 5.82 Å². The van der Waals surface area contributed by atoms with Crippen molar-refractivity contribution >= 4 is 5.82 Å². The third kappa shape index (κ3) is 3.88. The van der Waals surface area contributed by atoms with Crippen LogP contribution in [-0.4, -0.2) is 46.2 Å². The van der Waals surface area contributed by atoms with Gasteiger partial charge in [-0.25, -0.2) is 9.97 Å². The summed E-state index contributed by atoms with van der Waals surface area (Å²) in [7, 11) is 0. The Kier molecular flexibility index (Phi) is 4.66. The van der Waals surface area contributed by atoms with Crippen LogP contribution in [0.2, 0.25) is 0 Å². The van der Waals surface area contributed by atoms with Crippen LogP contribution in [0.5, 0.6) is 0 Å². The first-order chi connectivity index (χ1) is 11.9. The second-order valence-corrected chi connectivity index (χ2v) is 6.51. The summed E-state index contributed by atoms with van der Waals surface area (Å²) < 4.78 is 5.69. The van der Waals surface area contributed by atoms with Crippen LogP contribution < -0.4 is 5.32 Å². The molecule has 1 N–H and O–H groups in total. The van der Waals surface area contributed by atoms with Gasteiger partial charge in [0.05, 0.1) is 24.9 Å². The average Bonchev–Trinajstić information content (AvgIpc) is 3.46. The molecular formula is C18H23N5O. The topological polar surface area (TPSA) is 63.2 Å². The molecule has 1 saturated carbocycles. The van der Waals surface area contributed by atoms with Crippen molar-refractivity contribution in [2.45, 2.75) is 25.4 Å². The highest BCUT2D eigenvalue weighted by Gasteiger charge is 2.27. The van der Waals surface area contributed by atoms with E-state index in [0.717, 1.165) is 49.5 Å². The zero-order chi connectivity index (χ0) is 16.2. The van der Waals surface area contributed by atoms with E-state index in [0.29, 0.717) is 6.61 Å². The highest BCUT2D eigenvalue weighted by Crippen LogP contribution is 2.29. The van der Waals surface area contributed by atoms with Gasteiger partial charge in [-0.2, -0.15) is 0 Å². The van der Waals surface area contributed by atoms with Crippen LogP contribution in [0.25, 0.3) is 0 Å². The molecule has 1 aliphatic heterocycles. The van der Waals surface area contributed by atoms with Crippen LogP contribution in [-0.2, 0) is 11.3 Å². The Bertz CT molecular complexity index is 661. The molecule has 0 bridgehead atoms. The molecule has 2 aromatic rings. The van der Waals surface area contributed by atoms with Crippen molar-refractivity contribution in [1.82, 2.24) is 19.9 Å². The summed E-state index contributed by atoms with van der Waals surface area (Å²) in [5, 5.41) is 3.43. The van der Waals surface area contributed by atoms with Gasteiger partial charge in [-0.15, -0.1) is 0 Å². The number of anilines is 1. The first kappa shape index (κ1) is 15.5. The van der Waals surface area contributed by atoms with Gasteiger partial charge in [0.2, 0.25) is 0 Å². The Morgan fingerprint density at radius 1 is 1.17 bits per heavy atom. The van der Waals surface area contributed by atoms with Gasteiger partial charge in [0.1, 0.15) is 11.6 Å². The van der Waals surface area contributed by atoms with Gasteiger partial charge in [-0.1, -0.05) is 6.07 Å². The molecule has 0 unspecified atom stereocenters. The molecule has 126 valence electrons. The Labute approximate surface area is 142 Å². The lowest BCUT2D eigenvalue weighted by molar-refractivity contribution is -0.0164. The molecule has 4 rings (SSSR count). The van der Waals surface area contributed by atoms with Gasteiger partial charge in [0.15, 0.2) is 0 Å². The quantitative estimate of drug-likeness (QED) is 0.879. The molecule has 3 heterocycles. The van der Waals surface area contributed by atoms with Crippen LogP contribution in [0, 0.1) is 5.92 Å². The van der Waals surface area contributed by atoms with Gasteiger partial charge >= 0.3 is 0 Å². The summed E-state index contributed by atoms with van der Waals surface area (Å²) in [6.07, 6.45) is 6.34. The summed E-state index contributed by atoms with van der Waals surface area (Å²) in [5.41, 5.74) is 1.06. The van der Waals surface area contributed by atoms with Gasteiger partial charge in [-0.05, 0) is 37.0 Å². The van der Waals surface area contributed by atoms with E-state index in [1.807, 2.05) is 30.6 Å². The Morgan fingerprint density at radius 3 is 2.96 bits per heavy atom. The molecule has 24 heavy (non-hydrogen) atoms. The molecule has 0 radical (unpaired) electrons. The minimum Gasteiger partial charge on any atom is -0.378 e. The van der Waals surface area contributed by atoms with E-state index in [1.165, 1.54) is 12.8 Å². The molecule has 1 aliphatic carbocycles. The lowest BCUT2D eigenvalue weighted by Crippen LogP contribution is -2.40. The van der Waals surface area contributed by atoms with Crippen molar-refractivity contribution in [3.63, 3.8) is 0 Å². The number of hydrogen-bond acceptors (Lipinski definition) is 6. The SMILES string of the molecule is c1ccc(CN2CCOC[C@H]2c2nccc(NCC3CC3)n2)nc1. The van der Waals surface area contributed by atoms with Crippen LogP contribution in [0.1, 0.15) is 30.4 Å². The Balaban J connectivity index is 1.48. The maximum absolute atomic E-state index is 5.69. The molecule has 1 atom stereocenters. The predicted molar refractivity (Wildman–Crippen MR) is 91.5 cm³/mol. The van der Waals surface area contributed by atoms with E-state index in [1.54, 1.807) is 0 Å². The number of hydrogen-bond donors (Lipinski definition) is 1. The van der Waals surface area contributed by atoms with Crippen molar-refractivity contribution in [1.29, 1.82) is 0 Å². The molecule has 6 nitrogen and oxygen atoms in total. The van der Waals surface area contributed by atoms with E-state index in [9.17, 15) is 0 Å². The van der Waals surface area contributed by atoms with E-state index >= 15 is 0 Å². The van der Waals surface area contributed by atoms with Crippen molar-refractivity contribution in [2.24, 2.45) is 5.92 Å². The van der Waals surface area contributed by atoms with E-state index in [2.05, 4.69) is 26.3 Å². The lowest BCUT2D eigenvalue weighted by atomic mass is 10.2. The van der Waals surface area contributed by atoms with E-state index in [4.69, 9.17) is 9.72 Å². The second kappa shape index (κ2) is 7.23. The fourth-order valence-corrected chi connectivity index (χ4v) is 2.97. The average molecular weight is 325 g/mol.